The minimum absolute atomic E-state index is 0.104. The lowest BCUT2D eigenvalue weighted by molar-refractivity contribution is -0.146. The Morgan fingerprint density at radius 3 is 2.57 bits per heavy atom. The first-order valence-electron chi connectivity index (χ1n) is 8.76. The molecule has 0 spiro atoms. The molecule has 1 aromatic carbocycles. The van der Waals surface area contributed by atoms with E-state index in [0.29, 0.717) is 17.1 Å². The molecule has 0 bridgehead atoms. The predicted molar refractivity (Wildman–Crippen MR) is 101 cm³/mol. The first-order valence-corrected chi connectivity index (χ1v) is 8.76. The smallest absolute Gasteiger partial charge is 0.331 e. The highest BCUT2D eigenvalue weighted by Gasteiger charge is 2.36. The zero-order chi connectivity index (χ0) is 20.5. The zero-order valence-electron chi connectivity index (χ0n) is 15.9. The molecular weight excluding hydrogens is 364 g/mol. The molecule has 148 valence electrons. The number of carboxylic acids is 1. The number of ether oxygens (including phenoxy) is 1. The van der Waals surface area contributed by atoms with Crippen LogP contribution >= 0.6 is 0 Å². The van der Waals surface area contributed by atoms with E-state index in [-0.39, 0.29) is 24.8 Å². The van der Waals surface area contributed by atoms with Crippen LogP contribution in [0.3, 0.4) is 0 Å². The Bertz CT molecular complexity index is 903. The molecule has 9 nitrogen and oxygen atoms in total. The van der Waals surface area contributed by atoms with Gasteiger partial charge >= 0.3 is 5.97 Å². The maximum absolute atomic E-state index is 12.6. The fourth-order valence-electron chi connectivity index (χ4n) is 2.93. The van der Waals surface area contributed by atoms with E-state index >= 15 is 0 Å². The van der Waals surface area contributed by atoms with Gasteiger partial charge in [-0.05, 0) is 38.1 Å². The summed E-state index contributed by atoms with van der Waals surface area (Å²) in [6.45, 7) is 3.29. The molecule has 0 radical (unpaired) electrons. The van der Waals surface area contributed by atoms with Gasteiger partial charge in [0.1, 0.15) is 5.75 Å². The highest BCUT2D eigenvalue weighted by Crippen LogP contribution is 2.27. The Hall–Kier alpha value is -3.36. The van der Waals surface area contributed by atoms with E-state index in [1.54, 1.807) is 36.3 Å². The summed E-state index contributed by atoms with van der Waals surface area (Å²) in [7, 11) is 1.57. The third-order valence-electron chi connectivity index (χ3n) is 4.83. The molecule has 1 saturated heterocycles. The third-order valence-corrected chi connectivity index (χ3v) is 4.83. The molecule has 1 aliphatic rings. The molecule has 1 aliphatic heterocycles. The van der Waals surface area contributed by atoms with E-state index in [0.717, 1.165) is 0 Å². The Balaban J connectivity index is 1.66. The molecule has 1 aromatic heterocycles. The average Bonchev–Trinajstić information content (AvgIpc) is 3.29. The first kappa shape index (κ1) is 19.4. The largest absolute Gasteiger partial charge is 0.497 e. The number of carboxylic acid groups (broad SMARTS) is 1. The van der Waals surface area contributed by atoms with Gasteiger partial charge in [0.2, 0.25) is 11.8 Å². The highest BCUT2D eigenvalue weighted by molar-refractivity contribution is 6.03. The highest BCUT2D eigenvalue weighted by atomic mass is 16.5. The minimum atomic E-state index is -1.24. The van der Waals surface area contributed by atoms with E-state index in [2.05, 4.69) is 10.4 Å². The average molecular weight is 386 g/mol. The van der Waals surface area contributed by atoms with Crippen LogP contribution in [0.1, 0.15) is 20.3 Å². The van der Waals surface area contributed by atoms with Crippen LogP contribution in [0.15, 0.2) is 36.7 Å². The van der Waals surface area contributed by atoms with E-state index in [9.17, 15) is 19.5 Å². The van der Waals surface area contributed by atoms with Gasteiger partial charge < -0.3 is 20.1 Å². The molecule has 1 fully saturated rings. The fraction of sp³-hybridized carbons (Fsp3) is 0.368. The molecule has 1 atom stereocenters. The normalized spacial score (nSPS) is 16.9. The summed E-state index contributed by atoms with van der Waals surface area (Å²) in [6.07, 6.45) is 2.96. The topological polar surface area (TPSA) is 114 Å². The number of carbonyl (C=O) groups excluding carboxylic acids is 2. The van der Waals surface area contributed by atoms with Gasteiger partial charge in [-0.25, -0.2) is 4.79 Å². The van der Waals surface area contributed by atoms with Crippen LogP contribution in [0.5, 0.6) is 5.75 Å². The number of carbonyl (C=O) groups is 3. The Labute approximate surface area is 161 Å². The second-order valence-corrected chi connectivity index (χ2v) is 7.13. The van der Waals surface area contributed by atoms with Crippen molar-refractivity contribution in [1.29, 1.82) is 0 Å². The molecular formula is C19H22N4O5. The van der Waals surface area contributed by atoms with Crippen molar-refractivity contribution in [2.45, 2.75) is 25.8 Å². The van der Waals surface area contributed by atoms with E-state index < -0.39 is 17.4 Å². The molecule has 3 rings (SSSR count). The number of benzene rings is 1. The van der Waals surface area contributed by atoms with Crippen molar-refractivity contribution in [2.24, 2.45) is 5.92 Å². The summed E-state index contributed by atoms with van der Waals surface area (Å²) >= 11 is 0. The summed E-state index contributed by atoms with van der Waals surface area (Å²) in [4.78, 5) is 37.8. The summed E-state index contributed by atoms with van der Waals surface area (Å²) in [5.74, 6) is -1.30. The van der Waals surface area contributed by atoms with Crippen molar-refractivity contribution >= 4 is 29.2 Å². The molecule has 0 saturated carbocycles. The number of amides is 2. The number of aromatic nitrogens is 2. The number of aliphatic carboxylic acids is 1. The van der Waals surface area contributed by atoms with Gasteiger partial charge in [0.05, 0.1) is 24.9 Å². The number of hydrogen-bond donors (Lipinski definition) is 2. The van der Waals surface area contributed by atoms with Crippen LogP contribution in [0.4, 0.5) is 11.4 Å². The van der Waals surface area contributed by atoms with Crippen LogP contribution in [0.2, 0.25) is 0 Å². The van der Waals surface area contributed by atoms with Gasteiger partial charge in [0.25, 0.3) is 0 Å². The molecule has 1 unspecified atom stereocenters. The predicted octanol–water partition coefficient (Wildman–Crippen LogP) is 1.70. The van der Waals surface area contributed by atoms with E-state index in [1.165, 1.54) is 30.9 Å². The maximum Gasteiger partial charge on any atom is 0.331 e. The van der Waals surface area contributed by atoms with E-state index in [1.807, 2.05) is 0 Å². The Kier molecular flexibility index (Phi) is 5.08. The zero-order valence-corrected chi connectivity index (χ0v) is 15.9. The lowest BCUT2D eigenvalue weighted by Crippen LogP contribution is -2.36. The summed E-state index contributed by atoms with van der Waals surface area (Å²) in [6, 6.07) is 7.06. The van der Waals surface area contributed by atoms with Gasteiger partial charge in [-0.1, -0.05) is 0 Å². The quantitative estimate of drug-likeness (QED) is 0.781. The van der Waals surface area contributed by atoms with Crippen LogP contribution < -0.4 is 15.0 Å². The molecule has 2 aromatic rings. The van der Waals surface area contributed by atoms with Crippen molar-refractivity contribution in [3.63, 3.8) is 0 Å². The monoisotopic (exact) mass is 386 g/mol. The van der Waals surface area contributed by atoms with Gasteiger partial charge in [-0.15, -0.1) is 0 Å². The van der Waals surface area contributed by atoms with Crippen molar-refractivity contribution in [2.75, 3.05) is 23.9 Å². The van der Waals surface area contributed by atoms with Crippen molar-refractivity contribution in [1.82, 2.24) is 9.78 Å². The van der Waals surface area contributed by atoms with Crippen molar-refractivity contribution in [3.05, 3.63) is 36.7 Å². The van der Waals surface area contributed by atoms with Crippen molar-refractivity contribution in [3.8, 4) is 5.75 Å². The fourth-order valence-corrected chi connectivity index (χ4v) is 2.93. The van der Waals surface area contributed by atoms with E-state index in [4.69, 9.17) is 4.74 Å². The van der Waals surface area contributed by atoms with Crippen LogP contribution in [0.25, 0.3) is 0 Å². The lowest BCUT2D eigenvalue weighted by atomic mass is 10.1. The number of rotatable bonds is 6. The van der Waals surface area contributed by atoms with Crippen LogP contribution in [-0.2, 0) is 19.9 Å². The van der Waals surface area contributed by atoms with Gasteiger partial charge in [0.15, 0.2) is 5.54 Å². The number of nitrogens with zero attached hydrogens (tertiary/aromatic N) is 3. The van der Waals surface area contributed by atoms with Gasteiger partial charge in [0, 0.05) is 24.8 Å². The Morgan fingerprint density at radius 1 is 1.29 bits per heavy atom. The standard InChI is InChI=1S/C19H22N4O5/c1-19(2,18(26)27)23-11-13(9-20-23)21-17(25)12-8-16(24)22(10-12)14-4-6-15(28-3)7-5-14/h4-7,9,11-12H,8,10H2,1-3H3,(H,21,25)(H,26,27). The SMILES string of the molecule is COc1ccc(N2CC(C(=O)Nc3cnn(C(C)(C)C(=O)O)c3)CC2=O)cc1. The maximum atomic E-state index is 12.6. The minimum Gasteiger partial charge on any atom is -0.497 e. The molecule has 2 amide bonds. The summed E-state index contributed by atoms with van der Waals surface area (Å²) < 4.78 is 6.39. The molecule has 2 N–H and O–H groups in total. The number of methoxy groups -OCH3 is 1. The number of anilines is 2. The molecule has 0 aliphatic carbocycles. The number of nitrogens with one attached hydrogen (secondary N) is 1. The van der Waals surface area contributed by atoms with Gasteiger partial charge in [-0.3, -0.25) is 14.3 Å². The molecule has 9 heteroatoms. The second-order valence-electron chi connectivity index (χ2n) is 7.13. The van der Waals surface area contributed by atoms with Crippen LogP contribution in [0, 0.1) is 5.92 Å². The lowest BCUT2D eigenvalue weighted by Gasteiger charge is -2.19. The molecule has 2 heterocycles. The number of hydrogen-bond acceptors (Lipinski definition) is 5. The first-order chi connectivity index (χ1) is 13.2. The summed E-state index contributed by atoms with van der Waals surface area (Å²) in [5, 5.41) is 16.0. The third kappa shape index (κ3) is 3.68. The van der Waals surface area contributed by atoms with Crippen LogP contribution in [-0.4, -0.2) is 46.3 Å². The Morgan fingerprint density at radius 2 is 1.96 bits per heavy atom. The summed E-state index contributed by atoms with van der Waals surface area (Å²) in [5.41, 5.74) is -0.149. The van der Waals surface area contributed by atoms with Crippen molar-refractivity contribution < 1.29 is 24.2 Å². The second kappa shape index (κ2) is 7.34. The molecule has 28 heavy (non-hydrogen) atoms. The van der Waals surface area contributed by atoms with Gasteiger partial charge in [-0.2, -0.15) is 5.10 Å².